The Morgan fingerprint density at radius 3 is 2.58 bits per heavy atom. The maximum atomic E-state index is 12.8. The average Bonchev–Trinajstić information content (AvgIpc) is 3.33. The minimum absolute atomic E-state index is 0.0636. The van der Waals surface area contributed by atoms with Crippen LogP contribution in [0.15, 0.2) is 41.8 Å². The molecule has 5 heteroatoms. The Hall–Kier alpha value is -2.14. The zero-order valence-electron chi connectivity index (χ0n) is 15.5. The number of amides is 2. The van der Waals surface area contributed by atoms with E-state index in [0.29, 0.717) is 32.5 Å². The molecule has 1 saturated heterocycles. The quantitative estimate of drug-likeness (QED) is 0.842. The van der Waals surface area contributed by atoms with Crippen LogP contribution in [0.5, 0.6) is 0 Å². The van der Waals surface area contributed by atoms with Crippen molar-refractivity contribution in [3.05, 3.63) is 47.3 Å². The van der Waals surface area contributed by atoms with Crippen LogP contribution in [-0.2, 0) is 16.0 Å². The van der Waals surface area contributed by atoms with E-state index in [2.05, 4.69) is 47.1 Å². The first-order valence-electron chi connectivity index (χ1n) is 9.27. The largest absolute Gasteiger partial charge is 0.356 e. The predicted molar refractivity (Wildman–Crippen MR) is 106 cm³/mol. The second-order valence-electron chi connectivity index (χ2n) is 6.91. The number of likely N-dealkylation sites (tertiary alicyclic amines) is 1. The molecule has 1 aliphatic rings. The van der Waals surface area contributed by atoms with Gasteiger partial charge in [0.15, 0.2) is 0 Å². The summed E-state index contributed by atoms with van der Waals surface area (Å²) < 4.78 is 0. The maximum Gasteiger partial charge on any atom is 0.228 e. The fourth-order valence-electron chi connectivity index (χ4n) is 3.69. The number of thiophene rings is 1. The Morgan fingerprint density at radius 1 is 1.19 bits per heavy atom. The van der Waals surface area contributed by atoms with Gasteiger partial charge in [0.2, 0.25) is 11.8 Å². The first-order chi connectivity index (χ1) is 12.6. The van der Waals surface area contributed by atoms with E-state index in [4.69, 9.17) is 0 Å². The van der Waals surface area contributed by atoms with Crippen LogP contribution in [0.2, 0.25) is 0 Å². The lowest BCUT2D eigenvalue weighted by Crippen LogP contribution is -2.45. The van der Waals surface area contributed by atoms with Crippen molar-refractivity contribution in [1.82, 2.24) is 10.2 Å². The van der Waals surface area contributed by atoms with E-state index in [1.807, 2.05) is 18.7 Å². The summed E-state index contributed by atoms with van der Waals surface area (Å²) in [4.78, 5) is 28.0. The van der Waals surface area contributed by atoms with E-state index >= 15 is 0 Å². The van der Waals surface area contributed by atoms with Crippen molar-refractivity contribution in [2.24, 2.45) is 5.41 Å². The van der Waals surface area contributed by atoms with E-state index in [1.54, 1.807) is 11.3 Å². The van der Waals surface area contributed by atoms with Crippen molar-refractivity contribution in [3.8, 4) is 10.4 Å². The molecule has 0 saturated carbocycles. The summed E-state index contributed by atoms with van der Waals surface area (Å²) in [6.45, 7) is 5.60. The third-order valence-electron chi connectivity index (χ3n) is 5.13. The molecule has 2 amide bonds. The van der Waals surface area contributed by atoms with Gasteiger partial charge < -0.3 is 10.2 Å². The lowest BCUT2D eigenvalue weighted by molar-refractivity contribution is -0.133. The van der Waals surface area contributed by atoms with Crippen molar-refractivity contribution in [2.75, 3.05) is 19.6 Å². The Kier molecular flexibility index (Phi) is 5.77. The zero-order valence-corrected chi connectivity index (χ0v) is 16.3. The minimum Gasteiger partial charge on any atom is -0.356 e. The topological polar surface area (TPSA) is 49.4 Å². The molecule has 1 atom stereocenters. The molecule has 2 heterocycles. The Morgan fingerprint density at radius 2 is 1.96 bits per heavy atom. The zero-order chi connectivity index (χ0) is 18.6. The van der Waals surface area contributed by atoms with Gasteiger partial charge in [-0.1, -0.05) is 37.3 Å². The monoisotopic (exact) mass is 370 g/mol. The van der Waals surface area contributed by atoms with Gasteiger partial charge in [0.25, 0.3) is 0 Å². The molecule has 0 spiro atoms. The van der Waals surface area contributed by atoms with Crippen molar-refractivity contribution < 1.29 is 9.59 Å². The number of rotatable bonds is 6. The molecule has 1 aliphatic heterocycles. The maximum absolute atomic E-state index is 12.8. The molecule has 1 N–H and O–H groups in total. The fraction of sp³-hybridized carbons (Fsp3) is 0.429. The van der Waals surface area contributed by atoms with Crippen molar-refractivity contribution in [1.29, 1.82) is 0 Å². The van der Waals surface area contributed by atoms with Crippen molar-refractivity contribution in [3.63, 3.8) is 0 Å². The molecule has 4 nitrogen and oxygen atoms in total. The number of nitrogens with one attached hydrogen (secondary N) is 1. The molecule has 1 aromatic heterocycles. The van der Waals surface area contributed by atoms with Gasteiger partial charge in [0.1, 0.15) is 0 Å². The van der Waals surface area contributed by atoms with Crippen molar-refractivity contribution in [2.45, 2.75) is 33.1 Å². The smallest absolute Gasteiger partial charge is 0.228 e. The van der Waals surface area contributed by atoms with Gasteiger partial charge >= 0.3 is 0 Å². The average molecular weight is 371 g/mol. The number of hydrogen-bond donors (Lipinski definition) is 1. The van der Waals surface area contributed by atoms with Gasteiger partial charge in [0.05, 0.1) is 5.41 Å². The number of hydrogen-bond acceptors (Lipinski definition) is 3. The van der Waals surface area contributed by atoms with E-state index in [-0.39, 0.29) is 11.8 Å². The third kappa shape index (κ3) is 3.83. The van der Waals surface area contributed by atoms with E-state index in [9.17, 15) is 9.59 Å². The highest BCUT2D eigenvalue weighted by Crippen LogP contribution is 2.35. The van der Waals surface area contributed by atoms with E-state index in [1.165, 1.54) is 10.4 Å². The molecule has 1 aromatic carbocycles. The Balaban J connectivity index is 1.80. The van der Waals surface area contributed by atoms with Gasteiger partial charge in [-0.05, 0) is 42.3 Å². The van der Waals surface area contributed by atoms with Crippen LogP contribution in [0.25, 0.3) is 10.4 Å². The minimum atomic E-state index is -0.523. The molecular formula is C21H26N2O2S. The lowest BCUT2D eigenvalue weighted by atomic mass is 9.79. The number of carbonyl (C=O) groups excluding carboxylic acids is 2. The van der Waals surface area contributed by atoms with Gasteiger partial charge in [-0.15, -0.1) is 11.3 Å². The van der Waals surface area contributed by atoms with Crippen LogP contribution in [0.4, 0.5) is 0 Å². The summed E-state index contributed by atoms with van der Waals surface area (Å²) in [5, 5.41) is 5.06. The van der Waals surface area contributed by atoms with Gasteiger partial charge in [-0.3, -0.25) is 9.59 Å². The van der Waals surface area contributed by atoms with Gasteiger partial charge in [0, 0.05) is 30.9 Å². The summed E-state index contributed by atoms with van der Waals surface area (Å²) in [5.74, 6) is 0.193. The van der Waals surface area contributed by atoms with Crippen LogP contribution in [-0.4, -0.2) is 36.3 Å². The molecule has 0 bridgehead atoms. The normalized spacial score (nSPS) is 19.5. The van der Waals surface area contributed by atoms with Crippen LogP contribution >= 0.6 is 11.3 Å². The van der Waals surface area contributed by atoms with Crippen LogP contribution in [0.3, 0.4) is 0 Å². The van der Waals surface area contributed by atoms with Gasteiger partial charge in [-0.2, -0.15) is 0 Å². The fourth-order valence-corrected chi connectivity index (χ4v) is 4.42. The molecule has 0 radical (unpaired) electrons. The molecule has 0 aliphatic carbocycles. The molecule has 26 heavy (non-hydrogen) atoms. The van der Waals surface area contributed by atoms with E-state index in [0.717, 1.165) is 12.0 Å². The highest BCUT2D eigenvalue weighted by atomic mass is 32.1. The highest BCUT2D eigenvalue weighted by molar-refractivity contribution is 7.13. The predicted octanol–water partition coefficient (Wildman–Crippen LogP) is 3.72. The summed E-state index contributed by atoms with van der Waals surface area (Å²) >= 11 is 1.72. The van der Waals surface area contributed by atoms with Crippen LogP contribution in [0, 0.1) is 5.41 Å². The SMILES string of the molecule is CCNC(=O)C1(Cc2ccc(-c3cccs3)cc2)CCN(C(=O)CC)C1. The summed E-state index contributed by atoms with van der Waals surface area (Å²) in [7, 11) is 0. The molecule has 2 aromatic rings. The highest BCUT2D eigenvalue weighted by Gasteiger charge is 2.45. The Bertz CT molecular complexity index is 755. The second-order valence-corrected chi connectivity index (χ2v) is 7.86. The number of carbonyl (C=O) groups is 2. The first-order valence-corrected chi connectivity index (χ1v) is 10.1. The van der Waals surface area contributed by atoms with Crippen LogP contribution < -0.4 is 5.32 Å². The molecule has 3 rings (SSSR count). The number of benzene rings is 1. The van der Waals surface area contributed by atoms with Crippen LogP contribution in [0.1, 0.15) is 32.3 Å². The third-order valence-corrected chi connectivity index (χ3v) is 6.05. The summed E-state index contributed by atoms with van der Waals surface area (Å²) in [6, 6.07) is 12.6. The number of nitrogens with zero attached hydrogens (tertiary/aromatic N) is 1. The summed E-state index contributed by atoms with van der Waals surface area (Å²) in [5.41, 5.74) is 1.82. The van der Waals surface area contributed by atoms with E-state index < -0.39 is 5.41 Å². The summed E-state index contributed by atoms with van der Waals surface area (Å²) in [6.07, 6.45) is 1.87. The molecule has 1 unspecified atom stereocenters. The Labute approximate surface area is 159 Å². The lowest BCUT2D eigenvalue weighted by Gasteiger charge is -2.28. The van der Waals surface area contributed by atoms with Gasteiger partial charge in [-0.25, -0.2) is 0 Å². The first kappa shape index (κ1) is 18.6. The molecule has 138 valence electrons. The van der Waals surface area contributed by atoms with Crippen molar-refractivity contribution >= 4 is 23.2 Å². The second kappa shape index (κ2) is 8.04. The molecular weight excluding hydrogens is 344 g/mol. The molecule has 1 fully saturated rings. The standard InChI is InChI=1S/C21H26N2O2S/c1-3-19(24)23-12-11-21(15-23,20(25)22-4-2)14-16-7-9-17(10-8-16)18-6-5-13-26-18/h5-10,13H,3-4,11-12,14-15H2,1-2H3,(H,22,25).